The zero-order valence-electron chi connectivity index (χ0n) is 13.0. The molecule has 2 atom stereocenters. The summed E-state index contributed by atoms with van der Waals surface area (Å²) in [5, 5.41) is 3.60. The summed E-state index contributed by atoms with van der Waals surface area (Å²) in [5.74, 6) is 2.03. The Labute approximate surface area is 122 Å². The van der Waals surface area contributed by atoms with Crippen LogP contribution in [0.4, 0.5) is 5.82 Å². The van der Waals surface area contributed by atoms with Gasteiger partial charge in [0.1, 0.15) is 5.82 Å². The van der Waals surface area contributed by atoms with Crippen LogP contribution < -0.4 is 10.2 Å². The quantitative estimate of drug-likeness (QED) is 0.912. The van der Waals surface area contributed by atoms with Gasteiger partial charge in [0.05, 0.1) is 0 Å². The predicted molar refractivity (Wildman–Crippen MR) is 84.0 cm³/mol. The topological polar surface area (TPSA) is 28.2 Å². The standard InChI is InChI=1S/C17H27N3/c1-12-6-7-20(14(3)8-12)17-10-15(9-13(2)19-17)11-18-16-4-5-16/h9-10,12,14,16,18H,4-8,11H2,1-3H3. The van der Waals surface area contributed by atoms with Crippen LogP contribution in [0.25, 0.3) is 0 Å². The molecule has 1 saturated carbocycles. The van der Waals surface area contributed by atoms with Crippen molar-refractivity contribution < 1.29 is 0 Å². The van der Waals surface area contributed by atoms with E-state index < -0.39 is 0 Å². The van der Waals surface area contributed by atoms with Crippen LogP contribution in [0.3, 0.4) is 0 Å². The van der Waals surface area contributed by atoms with Gasteiger partial charge in [-0.3, -0.25) is 0 Å². The lowest BCUT2D eigenvalue weighted by Crippen LogP contribution is -2.40. The molecule has 110 valence electrons. The zero-order valence-corrected chi connectivity index (χ0v) is 13.0. The van der Waals surface area contributed by atoms with E-state index in [1.165, 1.54) is 37.1 Å². The second-order valence-corrected chi connectivity index (χ2v) is 6.80. The number of nitrogens with one attached hydrogen (secondary N) is 1. The third-order valence-electron chi connectivity index (χ3n) is 4.60. The lowest BCUT2D eigenvalue weighted by molar-refractivity contribution is 0.376. The lowest BCUT2D eigenvalue weighted by atomic mass is 9.93. The van der Waals surface area contributed by atoms with Gasteiger partial charge in [-0.05, 0) is 63.1 Å². The first-order valence-corrected chi connectivity index (χ1v) is 8.09. The molecule has 0 radical (unpaired) electrons. The highest BCUT2D eigenvalue weighted by Gasteiger charge is 2.24. The maximum atomic E-state index is 4.77. The molecule has 2 fully saturated rings. The summed E-state index contributed by atoms with van der Waals surface area (Å²) in [4.78, 5) is 7.27. The minimum atomic E-state index is 0.609. The monoisotopic (exact) mass is 273 g/mol. The van der Waals surface area contributed by atoms with Crippen LogP contribution in [0.2, 0.25) is 0 Å². The molecule has 1 aliphatic carbocycles. The number of nitrogens with zero attached hydrogens (tertiary/aromatic N) is 2. The van der Waals surface area contributed by atoms with Crippen molar-refractivity contribution in [1.29, 1.82) is 0 Å². The molecule has 2 unspecified atom stereocenters. The van der Waals surface area contributed by atoms with Crippen molar-refractivity contribution >= 4 is 5.82 Å². The van der Waals surface area contributed by atoms with Crippen molar-refractivity contribution in [3.8, 4) is 0 Å². The van der Waals surface area contributed by atoms with Crippen molar-refractivity contribution in [3.63, 3.8) is 0 Å². The molecule has 1 aromatic heterocycles. The number of rotatable bonds is 4. The SMILES string of the molecule is Cc1cc(CNC2CC2)cc(N2CCC(C)CC2C)n1. The third-order valence-corrected chi connectivity index (χ3v) is 4.60. The van der Waals surface area contributed by atoms with E-state index in [0.717, 1.165) is 30.7 Å². The molecule has 0 aromatic carbocycles. The molecular formula is C17H27N3. The highest BCUT2D eigenvalue weighted by atomic mass is 15.2. The van der Waals surface area contributed by atoms with E-state index in [-0.39, 0.29) is 0 Å². The Balaban J connectivity index is 1.74. The summed E-state index contributed by atoms with van der Waals surface area (Å²) in [7, 11) is 0. The lowest BCUT2D eigenvalue weighted by Gasteiger charge is -2.37. The largest absolute Gasteiger partial charge is 0.354 e. The van der Waals surface area contributed by atoms with Gasteiger partial charge >= 0.3 is 0 Å². The maximum Gasteiger partial charge on any atom is 0.129 e. The average molecular weight is 273 g/mol. The van der Waals surface area contributed by atoms with Crippen LogP contribution in [0.5, 0.6) is 0 Å². The molecule has 3 rings (SSSR count). The van der Waals surface area contributed by atoms with Crippen LogP contribution in [0.15, 0.2) is 12.1 Å². The summed E-state index contributed by atoms with van der Waals surface area (Å²) in [6, 6.07) is 5.88. The Morgan fingerprint density at radius 1 is 1.25 bits per heavy atom. The molecule has 0 amide bonds. The Morgan fingerprint density at radius 2 is 2.05 bits per heavy atom. The molecule has 1 saturated heterocycles. The third kappa shape index (κ3) is 3.32. The molecule has 0 bridgehead atoms. The summed E-state index contributed by atoms with van der Waals surface area (Å²) >= 11 is 0. The van der Waals surface area contributed by atoms with Crippen molar-refractivity contribution in [1.82, 2.24) is 10.3 Å². The second kappa shape index (κ2) is 5.72. The Morgan fingerprint density at radius 3 is 2.75 bits per heavy atom. The van der Waals surface area contributed by atoms with Crippen LogP contribution in [-0.2, 0) is 6.54 Å². The van der Waals surface area contributed by atoms with Gasteiger partial charge in [-0.15, -0.1) is 0 Å². The normalized spacial score (nSPS) is 26.9. The van der Waals surface area contributed by atoms with Gasteiger partial charge in [-0.25, -0.2) is 4.98 Å². The van der Waals surface area contributed by atoms with E-state index in [2.05, 4.69) is 43.1 Å². The first-order valence-electron chi connectivity index (χ1n) is 8.09. The van der Waals surface area contributed by atoms with E-state index in [9.17, 15) is 0 Å². The smallest absolute Gasteiger partial charge is 0.129 e. The molecular weight excluding hydrogens is 246 g/mol. The van der Waals surface area contributed by atoms with E-state index >= 15 is 0 Å². The number of piperidine rings is 1. The summed E-state index contributed by atoms with van der Waals surface area (Å²) in [6.45, 7) is 8.94. The van der Waals surface area contributed by atoms with E-state index in [1.54, 1.807) is 0 Å². The number of aromatic nitrogens is 1. The minimum Gasteiger partial charge on any atom is -0.354 e. The molecule has 2 heterocycles. The van der Waals surface area contributed by atoms with Gasteiger partial charge < -0.3 is 10.2 Å². The number of aryl methyl sites for hydroxylation is 1. The fourth-order valence-electron chi connectivity index (χ4n) is 3.27. The Hall–Kier alpha value is -1.09. The summed E-state index contributed by atoms with van der Waals surface area (Å²) in [6.07, 6.45) is 5.26. The average Bonchev–Trinajstić information content (AvgIpc) is 3.19. The van der Waals surface area contributed by atoms with Crippen molar-refractivity contribution in [3.05, 3.63) is 23.4 Å². The van der Waals surface area contributed by atoms with Gasteiger partial charge in [0, 0.05) is 30.9 Å². The van der Waals surface area contributed by atoms with Gasteiger partial charge in [-0.2, -0.15) is 0 Å². The summed E-state index contributed by atoms with van der Waals surface area (Å²) < 4.78 is 0. The van der Waals surface area contributed by atoms with E-state index in [1.807, 2.05) is 0 Å². The number of hydrogen-bond donors (Lipinski definition) is 1. The Kier molecular flexibility index (Phi) is 3.97. The zero-order chi connectivity index (χ0) is 14.1. The first kappa shape index (κ1) is 13.9. The molecule has 0 spiro atoms. The predicted octanol–water partition coefficient (Wildman–Crippen LogP) is 3.27. The summed E-state index contributed by atoms with van der Waals surface area (Å²) in [5.41, 5.74) is 2.52. The maximum absolute atomic E-state index is 4.77. The van der Waals surface area contributed by atoms with E-state index in [4.69, 9.17) is 4.98 Å². The van der Waals surface area contributed by atoms with Crippen molar-refractivity contribution in [2.45, 2.75) is 65.1 Å². The number of anilines is 1. The highest BCUT2D eigenvalue weighted by Crippen LogP contribution is 2.27. The number of hydrogen-bond acceptors (Lipinski definition) is 3. The van der Waals surface area contributed by atoms with Crippen LogP contribution in [0, 0.1) is 12.8 Å². The molecule has 1 aliphatic heterocycles. The number of pyridine rings is 1. The molecule has 1 aromatic rings. The molecule has 3 nitrogen and oxygen atoms in total. The molecule has 1 N–H and O–H groups in total. The van der Waals surface area contributed by atoms with Crippen LogP contribution in [0.1, 0.15) is 50.8 Å². The fourth-order valence-corrected chi connectivity index (χ4v) is 3.27. The van der Waals surface area contributed by atoms with Crippen molar-refractivity contribution in [2.24, 2.45) is 5.92 Å². The second-order valence-electron chi connectivity index (χ2n) is 6.80. The minimum absolute atomic E-state index is 0.609. The van der Waals surface area contributed by atoms with Crippen LogP contribution in [-0.4, -0.2) is 23.6 Å². The van der Waals surface area contributed by atoms with Crippen LogP contribution >= 0.6 is 0 Å². The van der Waals surface area contributed by atoms with Gasteiger partial charge in [-0.1, -0.05) is 6.92 Å². The first-order chi connectivity index (χ1) is 9.61. The highest BCUT2D eigenvalue weighted by molar-refractivity contribution is 5.44. The molecule has 20 heavy (non-hydrogen) atoms. The van der Waals surface area contributed by atoms with Gasteiger partial charge in [0.25, 0.3) is 0 Å². The Bertz CT molecular complexity index is 467. The van der Waals surface area contributed by atoms with Gasteiger partial charge in [0.15, 0.2) is 0 Å². The van der Waals surface area contributed by atoms with E-state index in [0.29, 0.717) is 6.04 Å². The molecule has 2 aliphatic rings. The fraction of sp³-hybridized carbons (Fsp3) is 0.706. The molecule has 3 heteroatoms. The van der Waals surface area contributed by atoms with Gasteiger partial charge in [0.2, 0.25) is 0 Å². The van der Waals surface area contributed by atoms with Crippen molar-refractivity contribution in [2.75, 3.05) is 11.4 Å².